The maximum atomic E-state index is 10.3. The number of fused-ring (bicyclic) bond motifs is 1. The van der Waals surface area contributed by atoms with Crippen LogP contribution >= 0.6 is 0 Å². The van der Waals surface area contributed by atoms with Crippen molar-refractivity contribution in [1.82, 2.24) is 9.80 Å². The van der Waals surface area contributed by atoms with Crippen LogP contribution in [-0.4, -0.2) is 67.6 Å². The molecule has 0 radical (unpaired) electrons. The Morgan fingerprint density at radius 3 is 2.41 bits per heavy atom. The van der Waals surface area contributed by atoms with Gasteiger partial charge in [-0.25, -0.2) is 0 Å². The van der Waals surface area contributed by atoms with E-state index in [1.807, 2.05) is 12.1 Å². The normalized spacial score (nSPS) is 18.4. The second-order valence-electron chi connectivity index (χ2n) is 7.78. The Balaban J connectivity index is 1.31. The zero-order valence-electron chi connectivity index (χ0n) is 17.0. The predicted octanol–water partition coefficient (Wildman–Crippen LogP) is 2.28. The van der Waals surface area contributed by atoms with Gasteiger partial charge in [-0.3, -0.25) is 9.80 Å². The number of methoxy groups -OCH3 is 1. The summed E-state index contributed by atoms with van der Waals surface area (Å²) in [4.78, 5) is 4.62. The second-order valence-corrected chi connectivity index (χ2v) is 7.78. The third-order valence-corrected chi connectivity index (χ3v) is 5.54. The van der Waals surface area contributed by atoms with Crippen molar-refractivity contribution in [2.75, 3.05) is 46.6 Å². The molecule has 0 bridgehead atoms. The Hall–Kier alpha value is -2.12. The summed E-state index contributed by atoms with van der Waals surface area (Å²) in [6, 6.07) is 14.7. The molecule has 2 heterocycles. The van der Waals surface area contributed by atoms with Crippen molar-refractivity contribution < 1.29 is 19.3 Å². The van der Waals surface area contributed by atoms with Crippen LogP contribution in [0, 0.1) is 0 Å². The van der Waals surface area contributed by atoms with Crippen LogP contribution in [-0.2, 0) is 24.4 Å². The SMILES string of the molecule is COc1cc(CN2Cc3ccccc3C2)ccc1OC[C@H](O)CN1CCOCC1. The van der Waals surface area contributed by atoms with E-state index in [1.165, 1.54) is 16.7 Å². The van der Waals surface area contributed by atoms with E-state index in [0.29, 0.717) is 18.0 Å². The molecule has 0 amide bonds. The number of hydrogen-bond acceptors (Lipinski definition) is 6. The van der Waals surface area contributed by atoms with Gasteiger partial charge in [0.05, 0.1) is 20.3 Å². The van der Waals surface area contributed by atoms with Crippen LogP contribution < -0.4 is 9.47 Å². The molecule has 1 atom stereocenters. The third kappa shape index (κ3) is 5.28. The molecule has 0 spiro atoms. The number of ether oxygens (including phenoxy) is 3. The molecule has 4 rings (SSSR count). The maximum absolute atomic E-state index is 10.3. The number of rotatable bonds is 8. The standard InChI is InChI=1S/C23H30N2O4/c1-27-23-12-18(13-25-14-19-4-2-3-5-20(19)15-25)6-7-22(23)29-17-21(26)16-24-8-10-28-11-9-24/h2-7,12,21,26H,8-11,13-17H2,1H3/t21-/m1/s1. The van der Waals surface area contributed by atoms with E-state index < -0.39 is 6.10 Å². The van der Waals surface area contributed by atoms with Crippen LogP contribution in [0.2, 0.25) is 0 Å². The molecule has 2 aromatic rings. The average Bonchev–Trinajstić information content (AvgIpc) is 3.15. The van der Waals surface area contributed by atoms with E-state index in [-0.39, 0.29) is 6.61 Å². The molecule has 2 aliphatic heterocycles. The van der Waals surface area contributed by atoms with Crippen molar-refractivity contribution in [3.05, 3.63) is 59.2 Å². The summed E-state index contributed by atoms with van der Waals surface area (Å²) < 4.78 is 16.7. The van der Waals surface area contributed by atoms with Crippen LogP contribution in [0.1, 0.15) is 16.7 Å². The predicted molar refractivity (Wildman–Crippen MR) is 111 cm³/mol. The van der Waals surface area contributed by atoms with Crippen molar-refractivity contribution in [2.24, 2.45) is 0 Å². The van der Waals surface area contributed by atoms with Crippen LogP contribution in [0.25, 0.3) is 0 Å². The molecule has 0 saturated carbocycles. The monoisotopic (exact) mass is 398 g/mol. The zero-order valence-corrected chi connectivity index (χ0v) is 17.0. The van der Waals surface area contributed by atoms with Gasteiger partial charge in [-0.1, -0.05) is 30.3 Å². The first kappa shape index (κ1) is 20.2. The van der Waals surface area contributed by atoms with Crippen molar-refractivity contribution in [1.29, 1.82) is 0 Å². The highest BCUT2D eigenvalue weighted by atomic mass is 16.5. The first-order valence-electron chi connectivity index (χ1n) is 10.3. The van der Waals surface area contributed by atoms with Crippen LogP contribution in [0.5, 0.6) is 11.5 Å². The molecule has 0 unspecified atom stereocenters. The molecule has 156 valence electrons. The molecule has 1 saturated heterocycles. The van der Waals surface area contributed by atoms with Crippen LogP contribution in [0.4, 0.5) is 0 Å². The fourth-order valence-corrected chi connectivity index (χ4v) is 4.02. The van der Waals surface area contributed by atoms with Crippen molar-refractivity contribution in [3.8, 4) is 11.5 Å². The zero-order chi connectivity index (χ0) is 20.1. The van der Waals surface area contributed by atoms with Crippen molar-refractivity contribution in [2.45, 2.75) is 25.7 Å². The Bertz CT molecular complexity index is 782. The molecule has 2 aliphatic rings. The fraction of sp³-hybridized carbons (Fsp3) is 0.478. The Kier molecular flexibility index (Phi) is 6.67. The molecule has 6 nitrogen and oxygen atoms in total. The molecular weight excluding hydrogens is 368 g/mol. The lowest BCUT2D eigenvalue weighted by molar-refractivity contribution is 0.00445. The third-order valence-electron chi connectivity index (χ3n) is 5.54. The number of β-amino-alcohol motifs (C(OH)–C–C–N with tert-alkyl or cyclic N) is 1. The van der Waals surface area contributed by atoms with Crippen LogP contribution in [0.3, 0.4) is 0 Å². The van der Waals surface area contributed by atoms with Gasteiger partial charge in [-0.2, -0.15) is 0 Å². The van der Waals surface area contributed by atoms with Gasteiger partial charge >= 0.3 is 0 Å². The van der Waals surface area contributed by atoms with E-state index in [2.05, 4.69) is 40.1 Å². The highest BCUT2D eigenvalue weighted by Gasteiger charge is 2.19. The van der Waals surface area contributed by atoms with Gasteiger partial charge in [-0.05, 0) is 28.8 Å². The van der Waals surface area contributed by atoms with E-state index in [0.717, 1.165) is 45.9 Å². The summed E-state index contributed by atoms with van der Waals surface area (Å²) >= 11 is 0. The molecule has 6 heteroatoms. The van der Waals surface area contributed by atoms with Crippen molar-refractivity contribution in [3.63, 3.8) is 0 Å². The molecule has 0 aromatic heterocycles. The van der Waals surface area contributed by atoms with Gasteiger partial charge < -0.3 is 19.3 Å². The summed E-state index contributed by atoms with van der Waals surface area (Å²) in [5, 5.41) is 10.3. The van der Waals surface area contributed by atoms with Gasteiger partial charge in [0.15, 0.2) is 11.5 Å². The Morgan fingerprint density at radius 2 is 1.72 bits per heavy atom. The number of hydrogen-bond donors (Lipinski definition) is 1. The number of nitrogens with zero attached hydrogens (tertiary/aromatic N) is 2. The Labute approximate surface area is 172 Å². The minimum absolute atomic E-state index is 0.245. The van der Waals surface area contributed by atoms with E-state index >= 15 is 0 Å². The smallest absolute Gasteiger partial charge is 0.161 e. The lowest BCUT2D eigenvalue weighted by Crippen LogP contribution is -2.42. The van der Waals surface area contributed by atoms with Crippen LogP contribution in [0.15, 0.2) is 42.5 Å². The largest absolute Gasteiger partial charge is 0.493 e. The number of aliphatic hydroxyl groups is 1. The number of benzene rings is 2. The minimum Gasteiger partial charge on any atom is -0.493 e. The first-order chi connectivity index (χ1) is 14.2. The topological polar surface area (TPSA) is 54.4 Å². The molecule has 2 aromatic carbocycles. The molecule has 29 heavy (non-hydrogen) atoms. The molecular formula is C23H30N2O4. The van der Waals surface area contributed by atoms with Gasteiger partial charge in [0.25, 0.3) is 0 Å². The second kappa shape index (κ2) is 9.59. The van der Waals surface area contributed by atoms with Gasteiger partial charge in [-0.15, -0.1) is 0 Å². The maximum Gasteiger partial charge on any atom is 0.161 e. The molecule has 1 fully saturated rings. The van der Waals surface area contributed by atoms with Gasteiger partial charge in [0, 0.05) is 39.3 Å². The average molecular weight is 399 g/mol. The van der Waals surface area contributed by atoms with Gasteiger partial charge in [0.1, 0.15) is 12.7 Å². The number of aliphatic hydroxyl groups excluding tert-OH is 1. The minimum atomic E-state index is -0.541. The van der Waals surface area contributed by atoms with E-state index in [9.17, 15) is 5.11 Å². The highest BCUT2D eigenvalue weighted by Crippen LogP contribution is 2.30. The molecule has 0 aliphatic carbocycles. The summed E-state index contributed by atoms with van der Waals surface area (Å²) in [5.41, 5.74) is 4.01. The summed E-state index contributed by atoms with van der Waals surface area (Å²) in [7, 11) is 1.65. The fourth-order valence-electron chi connectivity index (χ4n) is 4.02. The van der Waals surface area contributed by atoms with E-state index in [4.69, 9.17) is 14.2 Å². The number of morpholine rings is 1. The lowest BCUT2D eigenvalue weighted by Gasteiger charge is -2.28. The quantitative estimate of drug-likeness (QED) is 0.736. The van der Waals surface area contributed by atoms with Gasteiger partial charge in [0.2, 0.25) is 0 Å². The summed E-state index contributed by atoms with van der Waals surface area (Å²) in [5.74, 6) is 1.37. The highest BCUT2D eigenvalue weighted by molar-refractivity contribution is 5.43. The van der Waals surface area contributed by atoms with E-state index in [1.54, 1.807) is 7.11 Å². The summed E-state index contributed by atoms with van der Waals surface area (Å²) in [6.07, 6.45) is -0.541. The lowest BCUT2D eigenvalue weighted by atomic mass is 10.1. The molecule has 1 N–H and O–H groups in total. The summed E-state index contributed by atoms with van der Waals surface area (Å²) in [6.45, 7) is 6.83. The first-order valence-corrected chi connectivity index (χ1v) is 10.3. The Morgan fingerprint density at radius 1 is 1.00 bits per heavy atom. The van der Waals surface area contributed by atoms with Crippen molar-refractivity contribution >= 4 is 0 Å².